The summed E-state index contributed by atoms with van der Waals surface area (Å²) in [5.74, 6) is 1.33. The summed E-state index contributed by atoms with van der Waals surface area (Å²) in [6.45, 7) is 0.367. The minimum absolute atomic E-state index is 0.0869. The number of carbonyl (C=O) groups excluding carboxylic acids is 2. The van der Waals surface area contributed by atoms with Gasteiger partial charge in [-0.15, -0.1) is 0 Å². The first kappa shape index (κ1) is 21.4. The molecule has 0 unspecified atom stereocenters. The predicted molar refractivity (Wildman–Crippen MR) is 117 cm³/mol. The first-order valence-corrected chi connectivity index (χ1v) is 10.2. The average molecular weight is 408 g/mol. The van der Waals surface area contributed by atoms with E-state index < -0.39 is 0 Å². The fraction of sp³-hybridized carbons (Fsp3) is 0.333. The number of hydrogen-bond acceptors (Lipinski definition) is 4. The zero-order chi connectivity index (χ0) is 21.3. The first-order chi connectivity index (χ1) is 14.6. The van der Waals surface area contributed by atoms with Crippen LogP contribution in [0.4, 0.5) is 5.69 Å². The highest BCUT2D eigenvalue weighted by molar-refractivity contribution is 5.93. The number of methoxy groups -OCH3 is 2. The summed E-state index contributed by atoms with van der Waals surface area (Å²) < 4.78 is 10.5. The van der Waals surface area contributed by atoms with Gasteiger partial charge in [-0.1, -0.05) is 25.0 Å². The van der Waals surface area contributed by atoms with Gasteiger partial charge in [-0.05, 0) is 54.8 Å². The summed E-state index contributed by atoms with van der Waals surface area (Å²) in [6.07, 6.45) is 7.33. The van der Waals surface area contributed by atoms with Gasteiger partial charge in [-0.25, -0.2) is 0 Å². The summed E-state index contributed by atoms with van der Waals surface area (Å²) in [5, 5.41) is 5.85. The molecular weight excluding hydrogens is 380 g/mol. The zero-order valence-corrected chi connectivity index (χ0v) is 17.4. The molecule has 2 N–H and O–H groups in total. The maximum absolute atomic E-state index is 12.3. The Labute approximate surface area is 177 Å². The van der Waals surface area contributed by atoms with Crippen LogP contribution in [-0.4, -0.2) is 26.0 Å². The second-order valence-corrected chi connectivity index (χ2v) is 7.33. The van der Waals surface area contributed by atoms with Crippen LogP contribution in [0, 0.1) is 5.92 Å². The lowest BCUT2D eigenvalue weighted by atomic mass is 10.1. The Morgan fingerprint density at radius 3 is 2.60 bits per heavy atom. The molecule has 0 aromatic heterocycles. The molecule has 2 aromatic carbocycles. The molecule has 3 rings (SSSR count). The maximum Gasteiger partial charge on any atom is 0.244 e. The van der Waals surface area contributed by atoms with E-state index in [0.29, 0.717) is 18.0 Å². The van der Waals surface area contributed by atoms with Gasteiger partial charge in [-0.2, -0.15) is 0 Å². The maximum atomic E-state index is 12.3. The van der Waals surface area contributed by atoms with Gasteiger partial charge >= 0.3 is 0 Å². The van der Waals surface area contributed by atoms with Gasteiger partial charge in [0.05, 0.1) is 14.2 Å². The minimum atomic E-state index is -0.222. The molecule has 0 aliphatic heterocycles. The number of carbonyl (C=O) groups is 2. The second-order valence-electron chi connectivity index (χ2n) is 7.33. The number of nitrogens with one attached hydrogen (secondary N) is 2. The van der Waals surface area contributed by atoms with Crippen LogP contribution in [-0.2, 0) is 16.1 Å². The van der Waals surface area contributed by atoms with Crippen molar-refractivity contribution in [3.63, 3.8) is 0 Å². The van der Waals surface area contributed by atoms with Gasteiger partial charge < -0.3 is 20.1 Å². The summed E-state index contributed by atoms with van der Waals surface area (Å²) in [6, 6.07) is 13.0. The van der Waals surface area contributed by atoms with Crippen molar-refractivity contribution in [2.24, 2.45) is 5.92 Å². The average Bonchev–Trinajstić information content (AvgIpc) is 3.31. The zero-order valence-electron chi connectivity index (χ0n) is 17.4. The third-order valence-electron chi connectivity index (χ3n) is 5.24. The standard InChI is InChI=1S/C24H28N2O4/c1-29-21-11-12-22(30-2)19(15-21)10-13-23(27)25-16-17-6-5-9-20(14-17)26-24(28)18-7-3-4-8-18/h5-6,9-15,18H,3-4,7-8,16H2,1-2H3,(H,25,27)(H,26,28). The highest BCUT2D eigenvalue weighted by Gasteiger charge is 2.22. The molecule has 6 nitrogen and oxygen atoms in total. The van der Waals surface area contributed by atoms with Crippen molar-refractivity contribution in [3.05, 3.63) is 59.7 Å². The lowest BCUT2D eigenvalue weighted by Crippen LogP contribution is -2.21. The molecular formula is C24H28N2O4. The van der Waals surface area contributed by atoms with Crippen molar-refractivity contribution in [2.75, 3.05) is 19.5 Å². The van der Waals surface area contributed by atoms with E-state index in [-0.39, 0.29) is 17.7 Å². The fourth-order valence-corrected chi connectivity index (χ4v) is 3.57. The molecule has 0 radical (unpaired) electrons. The lowest BCUT2D eigenvalue weighted by Gasteiger charge is -2.11. The number of amides is 2. The van der Waals surface area contributed by atoms with Gasteiger partial charge in [0.2, 0.25) is 11.8 Å². The summed E-state index contributed by atoms with van der Waals surface area (Å²) in [4.78, 5) is 24.5. The molecule has 158 valence electrons. The third kappa shape index (κ3) is 5.86. The molecule has 2 aromatic rings. The molecule has 0 saturated heterocycles. The van der Waals surface area contributed by atoms with E-state index in [0.717, 1.165) is 42.5 Å². The topological polar surface area (TPSA) is 76.7 Å². The van der Waals surface area contributed by atoms with Crippen LogP contribution in [0.3, 0.4) is 0 Å². The van der Waals surface area contributed by atoms with Crippen molar-refractivity contribution < 1.29 is 19.1 Å². The Hall–Kier alpha value is -3.28. The van der Waals surface area contributed by atoms with Gasteiger partial charge in [0.15, 0.2) is 0 Å². The first-order valence-electron chi connectivity index (χ1n) is 10.2. The molecule has 0 atom stereocenters. The second kappa shape index (κ2) is 10.5. The van der Waals surface area contributed by atoms with E-state index in [9.17, 15) is 9.59 Å². The summed E-state index contributed by atoms with van der Waals surface area (Å²) in [5.41, 5.74) is 2.43. The van der Waals surface area contributed by atoms with Crippen LogP contribution >= 0.6 is 0 Å². The van der Waals surface area contributed by atoms with Crippen LogP contribution in [0.15, 0.2) is 48.5 Å². The third-order valence-corrected chi connectivity index (χ3v) is 5.24. The van der Waals surface area contributed by atoms with Crippen molar-refractivity contribution in [1.82, 2.24) is 5.32 Å². The largest absolute Gasteiger partial charge is 0.497 e. The molecule has 1 aliphatic carbocycles. The molecule has 1 aliphatic rings. The Morgan fingerprint density at radius 2 is 1.87 bits per heavy atom. The molecule has 0 heterocycles. The van der Waals surface area contributed by atoms with Gasteiger partial charge in [0, 0.05) is 29.8 Å². The smallest absolute Gasteiger partial charge is 0.244 e. The van der Waals surface area contributed by atoms with Crippen molar-refractivity contribution in [3.8, 4) is 11.5 Å². The Morgan fingerprint density at radius 1 is 1.07 bits per heavy atom. The molecule has 0 spiro atoms. The van der Waals surface area contributed by atoms with Crippen molar-refractivity contribution in [2.45, 2.75) is 32.2 Å². The summed E-state index contributed by atoms with van der Waals surface area (Å²) >= 11 is 0. The SMILES string of the molecule is COc1ccc(OC)c(C=CC(=O)NCc2cccc(NC(=O)C3CCCC3)c2)c1. The molecule has 30 heavy (non-hydrogen) atoms. The van der Waals surface area contributed by atoms with Crippen molar-refractivity contribution >= 4 is 23.6 Å². The van der Waals surface area contributed by atoms with E-state index in [4.69, 9.17) is 9.47 Å². The molecule has 0 bridgehead atoms. The fourth-order valence-electron chi connectivity index (χ4n) is 3.57. The van der Waals surface area contributed by atoms with E-state index in [1.54, 1.807) is 38.5 Å². The van der Waals surface area contributed by atoms with Crippen LogP contribution in [0.1, 0.15) is 36.8 Å². The van der Waals surface area contributed by atoms with Crippen LogP contribution in [0.2, 0.25) is 0 Å². The van der Waals surface area contributed by atoms with Gasteiger partial charge in [-0.3, -0.25) is 9.59 Å². The van der Waals surface area contributed by atoms with Crippen LogP contribution < -0.4 is 20.1 Å². The minimum Gasteiger partial charge on any atom is -0.497 e. The highest BCUT2D eigenvalue weighted by atomic mass is 16.5. The van der Waals surface area contributed by atoms with Crippen molar-refractivity contribution in [1.29, 1.82) is 0 Å². The van der Waals surface area contributed by atoms with Crippen LogP contribution in [0.25, 0.3) is 6.08 Å². The van der Waals surface area contributed by atoms with E-state index >= 15 is 0 Å². The van der Waals surface area contributed by atoms with Gasteiger partial charge in [0.1, 0.15) is 11.5 Å². The predicted octanol–water partition coefficient (Wildman–Crippen LogP) is 4.16. The van der Waals surface area contributed by atoms with Gasteiger partial charge in [0.25, 0.3) is 0 Å². The number of hydrogen-bond donors (Lipinski definition) is 2. The molecule has 6 heteroatoms. The van der Waals surface area contributed by atoms with E-state index in [1.165, 1.54) is 6.08 Å². The Balaban J connectivity index is 1.56. The lowest BCUT2D eigenvalue weighted by molar-refractivity contribution is -0.119. The highest BCUT2D eigenvalue weighted by Crippen LogP contribution is 2.26. The molecule has 1 saturated carbocycles. The number of rotatable bonds is 8. The Bertz CT molecular complexity index is 917. The quantitative estimate of drug-likeness (QED) is 0.643. The normalized spacial score (nSPS) is 13.9. The number of benzene rings is 2. The summed E-state index contributed by atoms with van der Waals surface area (Å²) in [7, 11) is 3.17. The Kier molecular flexibility index (Phi) is 7.49. The monoisotopic (exact) mass is 408 g/mol. The van der Waals surface area contributed by atoms with E-state index in [1.807, 2.05) is 24.3 Å². The van der Waals surface area contributed by atoms with E-state index in [2.05, 4.69) is 10.6 Å². The number of anilines is 1. The molecule has 2 amide bonds. The molecule has 1 fully saturated rings. The van der Waals surface area contributed by atoms with Crippen LogP contribution in [0.5, 0.6) is 11.5 Å². The number of ether oxygens (including phenoxy) is 2.